The quantitative estimate of drug-likeness (QED) is 0.777. The smallest absolute Gasteiger partial charge is 0.341 e. The highest BCUT2D eigenvalue weighted by Crippen LogP contribution is 2.39. The van der Waals surface area contributed by atoms with Gasteiger partial charge in [0.25, 0.3) is 0 Å². The van der Waals surface area contributed by atoms with Crippen molar-refractivity contribution in [2.24, 2.45) is 11.7 Å². The summed E-state index contributed by atoms with van der Waals surface area (Å²) < 4.78 is 20.1. The van der Waals surface area contributed by atoms with Crippen LogP contribution in [-0.2, 0) is 0 Å². The minimum Gasteiger partial charge on any atom is -0.492 e. The molecule has 0 bridgehead atoms. The second kappa shape index (κ2) is 5.79. The average molecular weight is 335 g/mol. The number of aromatic amines is 1. The molecule has 3 rings (SSSR count). The van der Waals surface area contributed by atoms with Gasteiger partial charge in [0.05, 0.1) is 18.0 Å². The molecule has 1 saturated heterocycles. The van der Waals surface area contributed by atoms with Gasteiger partial charge in [-0.25, -0.2) is 9.18 Å². The zero-order valence-electron chi connectivity index (χ0n) is 13.3. The second-order valence-electron chi connectivity index (χ2n) is 6.05. The standard InChI is InChI=1S/C16H18FN3O4/c1-7-5-20(6-11(7)18)13-10(17)3-8-12(15(13)24-2)19-4-9(14(8)21)16(22)23/h3-4,7,11H,5-6,18H2,1-2H3,(H,19,21)(H,22,23)/t7-,11+/m0/s1. The van der Waals surface area contributed by atoms with Gasteiger partial charge in [0.1, 0.15) is 11.3 Å². The molecule has 4 N–H and O–H groups in total. The summed E-state index contributed by atoms with van der Waals surface area (Å²) in [4.78, 5) is 27.9. The number of ether oxygens (including phenoxy) is 1. The number of anilines is 1. The molecule has 0 amide bonds. The Morgan fingerprint density at radius 2 is 2.21 bits per heavy atom. The van der Waals surface area contributed by atoms with Gasteiger partial charge in [-0.15, -0.1) is 0 Å². The Balaban J connectivity index is 2.26. The lowest BCUT2D eigenvalue weighted by Gasteiger charge is -2.22. The van der Waals surface area contributed by atoms with Crippen molar-refractivity contribution in [1.82, 2.24) is 4.98 Å². The zero-order chi connectivity index (χ0) is 17.6. The number of halogens is 1. The number of carboxylic acids is 1. The van der Waals surface area contributed by atoms with E-state index in [0.29, 0.717) is 13.1 Å². The molecule has 0 aliphatic carbocycles. The van der Waals surface area contributed by atoms with Gasteiger partial charge in [-0.3, -0.25) is 4.79 Å². The molecule has 24 heavy (non-hydrogen) atoms. The number of carbonyl (C=O) groups is 1. The lowest BCUT2D eigenvalue weighted by Crippen LogP contribution is -2.29. The van der Waals surface area contributed by atoms with Crippen molar-refractivity contribution in [1.29, 1.82) is 0 Å². The van der Waals surface area contributed by atoms with Crippen LogP contribution in [0.1, 0.15) is 17.3 Å². The Morgan fingerprint density at radius 1 is 1.50 bits per heavy atom. The van der Waals surface area contributed by atoms with E-state index in [2.05, 4.69) is 4.98 Å². The number of fused-ring (bicyclic) bond motifs is 1. The Morgan fingerprint density at radius 3 is 2.75 bits per heavy atom. The van der Waals surface area contributed by atoms with Crippen LogP contribution in [0.4, 0.5) is 10.1 Å². The highest BCUT2D eigenvalue weighted by Gasteiger charge is 2.31. The van der Waals surface area contributed by atoms with E-state index in [1.165, 1.54) is 7.11 Å². The van der Waals surface area contributed by atoms with Crippen molar-refractivity contribution in [2.45, 2.75) is 13.0 Å². The van der Waals surface area contributed by atoms with Crippen LogP contribution in [0.15, 0.2) is 17.1 Å². The summed E-state index contributed by atoms with van der Waals surface area (Å²) >= 11 is 0. The van der Waals surface area contributed by atoms with Crippen LogP contribution in [0.25, 0.3) is 10.9 Å². The third kappa shape index (κ3) is 2.39. The lowest BCUT2D eigenvalue weighted by molar-refractivity contribution is 0.0695. The van der Waals surface area contributed by atoms with Crippen LogP contribution in [0.3, 0.4) is 0 Å². The predicted octanol–water partition coefficient (Wildman–Crippen LogP) is 1.16. The normalized spacial score (nSPS) is 20.6. The molecule has 0 unspecified atom stereocenters. The predicted molar refractivity (Wildman–Crippen MR) is 87.4 cm³/mol. The molecule has 1 aromatic heterocycles. The van der Waals surface area contributed by atoms with Gasteiger partial charge in [0.2, 0.25) is 5.43 Å². The monoisotopic (exact) mass is 335 g/mol. The molecule has 2 heterocycles. The van der Waals surface area contributed by atoms with Crippen molar-refractivity contribution in [3.63, 3.8) is 0 Å². The Bertz CT molecular complexity index is 870. The SMILES string of the molecule is COc1c(N2C[C@@H](N)[C@@H](C)C2)c(F)cc2c(=O)c(C(=O)O)c[nH]c12. The van der Waals surface area contributed by atoms with Gasteiger partial charge in [-0.1, -0.05) is 6.92 Å². The number of carboxylic acid groups (broad SMARTS) is 1. The summed E-state index contributed by atoms with van der Waals surface area (Å²) in [5, 5.41) is 8.97. The molecule has 2 aromatic rings. The topological polar surface area (TPSA) is 109 Å². The van der Waals surface area contributed by atoms with Crippen molar-refractivity contribution in [3.8, 4) is 5.75 Å². The largest absolute Gasteiger partial charge is 0.492 e. The summed E-state index contributed by atoms with van der Waals surface area (Å²) in [6.07, 6.45) is 1.09. The summed E-state index contributed by atoms with van der Waals surface area (Å²) in [6, 6.07) is 0.964. The number of nitrogens with two attached hydrogens (primary N) is 1. The Hall–Kier alpha value is -2.61. The molecule has 1 aliphatic heterocycles. The maximum Gasteiger partial charge on any atom is 0.341 e. The zero-order valence-corrected chi connectivity index (χ0v) is 13.3. The minimum absolute atomic E-state index is 0.0652. The number of aromatic nitrogens is 1. The maximum atomic E-state index is 14.7. The Kier molecular flexibility index (Phi) is 3.92. The van der Waals surface area contributed by atoms with E-state index >= 15 is 0 Å². The number of hydrogen-bond acceptors (Lipinski definition) is 5. The van der Waals surface area contributed by atoms with Gasteiger partial charge >= 0.3 is 5.97 Å². The van der Waals surface area contributed by atoms with Crippen LogP contribution in [-0.4, -0.2) is 42.3 Å². The number of nitrogens with zero attached hydrogens (tertiary/aromatic N) is 1. The number of benzene rings is 1. The number of nitrogens with one attached hydrogen (secondary N) is 1. The number of methoxy groups -OCH3 is 1. The third-order valence-electron chi connectivity index (χ3n) is 4.48. The number of H-pyrrole nitrogens is 1. The summed E-state index contributed by atoms with van der Waals surface area (Å²) in [5.41, 5.74) is 5.29. The van der Waals surface area contributed by atoms with E-state index < -0.39 is 22.8 Å². The van der Waals surface area contributed by atoms with Gasteiger partial charge in [0.15, 0.2) is 11.6 Å². The summed E-state index contributed by atoms with van der Waals surface area (Å²) in [5.74, 6) is -1.66. The first-order valence-corrected chi connectivity index (χ1v) is 7.50. The van der Waals surface area contributed by atoms with E-state index in [1.54, 1.807) is 4.90 Å². The fraction of sp³-hybridized carbons (Fsp3) is 0.375. The highest BCUT2D eigenvalue weighted by molar-refractivity contribution is 5.96. The summed E-state index contributed by atoms with van der Waals surface area (Å²) in [6.45, 7) is 3.02. The van der Waals surface area contributed by atoms with E-state index in [9.17, 15) is 14.0 Å². The van der Waals surface area contributed by atoms with Gasteiger partial charge in [-0.2, -0.15) is 0 Å². The van der Waals surface area contributed by atoms with Crippen molar-refractivity contribution >= 4 is 22.6 Å². The molecule has 0 spiro atoms. The molecule has 2 atom stereocenters. The molecule has 7 nitrogen and oxygen atoms in total. The summed E-state index contributed by atoms with van der Waals surface area (Å²) in [7, 11) is 1.38. The van der Waals surface area contributed by atoms with Crippen LogP contribution in [0.2, 0.25) is 0 Å². The van der Waals surface area contributed by atoms with E-state index in [1.807, 2.05) is 6.92 Å². The van der Waals surface area contributed by atoms with Gasteiger partial charge in [0, 0.05) is 25.3 Å². The van der Waals surface area contributed by atoms with Crippen molar-refractivity contribution < 1.29 is 19.0 Å². The first-order valence-electron chi connectivity index (χ1n) is 7.50. The Labute approximate surface area is 136 Å². The van der Waals surface area contributed by atoms with Crippen molar-refractivity contribution in [2.75, 3.05) is 25.1 Å². The average Bonchev–Trinajstić information content (AvgIpc) is 2.85. The molecule has 8 heteroatoms. The first-order chi connectivity index (χ1) is 11.3. The molecular formula is C16H18FN3O4. The van der Waals surface area contributed by atoms with E-state index in [0.717, 1.165) is 12.3 Å². The molecule has 1 aromatic carbocycles. The maximum absolute atomic E-state index is 14.7. The lowest BCUT2D eigenvalue weighted by atomic mass is 10.1. The molecule has 0 radical (unpaired) electrons. The minimum atomic E-state index is -1.37. The second-order valence-corrected chi connectivity index (χ2v) is 6.05. The van der Waals surface area contributed by atoms with E-state index in [4.69, 9.17) is 15.6 Å². The molecule has 1 aliphatic rings. The first kappa shape index (κ1) is 16.3. The highest BCUT2D eigenvalue weighted by atomic mass is 19.1. The molecular weight excluding hydrogens is 317 g/mol. The van der Waals surface area contributed by atoms with Crippen LogP contribution < -0.4 is 20.8 Å². The van der Waals surface area contributed by atoms with Gasteiger partial charge in [-0.05, 0) is 12.0 Å². The number of pyridine rings is 1. The fourth-order valence-electron chi connectivity index (χ4n) is 3.12. The van der Waals surface area contributed by atoms with Crippen LogP contribution >= 0.6 is 0 Å². The third-order valence-corrected chi connectivity index (χ3v) is 4.48. The number of aromatic carboxylic acids is 1. The molecule has 1 fully saturated rings. The number of rotatable bonds is 3. The van der Waals surface area contributed by atoms with Crippen molar-refractivity contribution in [3.05, 3.63) is 33.9 Å². The molecule has 0 saturated carbocycles. The number of hydrogen-bond donors (Lipinski definition) is 3. The van der Waals surface area contributed by atoms with E-state index in [-0.39, 0.29) is 34.3 Å². The molecule has 128 valence electrons. The van der Waals surface area contributed by atoms with Crippen LogP contribution in [0, 0.1) is 11.7 Å². The van der Waals surface area contributed by atoms with Crippen LogP contribution in [0.5, 0.6) is 5.75 Å². The van der Waals surface area contributed by atoms with Gasteiger partial charge < -0.3 is 25.5 Å². The fourth-order valence-corrected chi connectivity index (χ4v) is 3.12.